The van der Waals surface area contributed by atoms with Crippen molar-refractivity contribution < 1.29 is 24.2 Å². The van der Waals surface area contributed by atoms with E-state index in [0.717, 1.165) is 0 Å². The maximum atomic E-state index is 11.6. The van der Waals surface area contributed by atoms with Gasteiger partial charge in [-0.25, -0.2) is 5.43 Å². The Bertz CT molecular complexity index is 745. The average Bonchev–Trinajstić information content (AvgIpc) is 2.60. The highest BCUT2D eigenvalue weighted by molar-refractivity contribution is 6.30. The molecule has 7 nitrogen and oxygen atoms in total. The number of hydrazone groups is 1. The standard InChI is InChI=1S/C17H15ClN2O5/c18-13-3-7-15(8-4-13)24-10-16(21)20-19-9-12-1-5-14(6-2-12)25-11-17(22)23/h1-9H,10-11H2,(H,20,21)(H,22,23)/p-1/b19-9-. The molecule has 0 aliphatic heterocycles. The first-order chi connectivity index (χ1) is 12.0. The summed E-state index contributed by atoms with van der Waals surface area (Å²) in [7, 11) is 0. The van der Waals surface area contributed by atoms with E-state index in [1.807, 2.05) is 0 Å². The van der Waals surface area contributed by atoms with Crippen LogP contribution in [0.25, 0.3) is 0 Å². The minimum Gasteiger partial charge on any atom is -0.546 e. The SMILES string of the molecule is O=C([O-])COc1ccc(/C=N\NC(=O)COc2ccc(Cl)cc2)cc1. The zero-order valence-corrected chi connectivity index (χ0v) is 13.7. The third-order valence-corrected chi connectivity index (χ3v) is 3.08. The number of carboxylic acids is 1. The molecule has 0 heterocycles. The number of benzene rings is 2. The van der Waals surface area contributed by atoms with Crippen LogP contribution in [0.5, 0.6) is 11.5 Å². The van der Waals surface area contributed by atoms with Gasteiger partial charge >= 0.3 is 0 Å². The van der Waals surface area contributed by atoms with Crippen LogP contribution in [0.15, 0.2) is 53.6 Å². The van der Waals surface area contributed by atoms with Gasteiger partial charge in [0, 0.05) is 5.02 Å². The van der Waals surface area contributed by atoms with Crippen molar-refractivity contribution in [2.24, 2.45) is 5.10 Å². The Morgan fingerprint density at radius 3 is 2.16 bits per heavy atom. The van der Waals surface area contributed by atoms with Crippen LogP contribution < -0.4 is 20.0 Å². The molecule has 25 heavy (non-hydrogen) atoms. The molecule has 8 heteroatoms. The first-order valence-corrected chi connectivity index (χ1v) is 7.54. The van der Waals surface area contributed by atoms with Crippen LogP contribution in [0.1, 0.15) is 5.56 Å². The number of carbonyl (C=O) groups is 2. The third-order valence-electron chi connectivity index (χ3n) is 2.82. The molecule has 0 spiro atoms. The molecule has 0 radical (unpaired) electrons. The smallest absolute Gasteiger partial charge is 0.277 e. The minimum absolute atomic E-state index is 0.186. The molecule has 1 amide bonds. The average molecular weight is 362 g/mol. The molecule has 0 saturated heterocycles. The predicted octanol–water partition coefficient (Wildman–Crippen LogP) is 0.998. The van der Waals surface area contributed by atoms with Crippen LogP contribution >= 0.6 is 11.6 Å². The van der Waals surface area contributed by atoms with E-state index in [0.29, 0.717) is 22.1 Å². The quantitative estimate of drug-likeness (QED) is 0.558. The lowest BCUT2D eigenvalue weighted by Crippen LogP contribution is -2.28. The van der Waals surface area contributed by atoms with Crippen molar-refractivity contribution in [2.45, 2.75) is 0 Å². The molecule has 0 aromatic heterocycles. The number of halogens is 1. The van der Waals surface area contributed by atoms with Crippen LogP contribution in [0.3, 0.4) is 0 Å². The summed E-state index contributed by atoms with van der Waals surface area (Å²) in [6.07, 6.45) is 1.43. The molecule has 0 fully saturated rings. The summed E-state index contributed by atoms with van der Waals surface area (Å²) >= 11 is 5.75. The number of nitrogens with one attached hydrogen (secondary N) is 1. The Labute approximate surface area is 148 Å². The molecule has 1 N–H and O–H groups in total. The molecule has 0 saturated carbocycles. The fraction of sp³-hybridized carbons (Fsp3) is 0.118. The summed E-state index contributed by atoms with van der Waals surface area (Å²) in [5.74, 6) is -0.799. The van der Waals surface area contributed by atoms with Gasteiger partial charge in [0.25, 0.3) is 5.91 Å². The van der Waals surface area contributed by atoms with Crippen molar-refractivity contribution >= 4 is 29.7 Å². The predicted molar refractivity (Wildman–Crippen MR) is 89.6 cm³/mol. The molecule has 2 aromatic carbocycles. The van der Waals surface area contributed by atoms with Gasteiger partial charge in [-0.05, 0) is 54.1 Å². The topological polar surface area (TPSA) is 100 Å². The van der Waals surface area contributed by atoms with E-state index in [1.165, 1.54) is 6.21 Å². The summed E-state index contributed by atoms with van der Waals surface area (Å²) in [4.78, 5) is 21.9. The van der Waals surface area contributed by atoms with Gasteiger partial charge in [0.05, 0.1) is 12.2 Å². The summed E-state index contributed by atoms with van der Waals surface area (Å²) < 4.78 is 10.2. The molecule has 2 rings (SSSR count). The fourth-order valence-electron chi connectivity index (χ4n) is 1.68. The number of carboxylic acid groups (broad SMARTS) is 1. The zero-order valence-electron chi connectivity index (χ0n) is 13.0. The Morgan fingerprint density at radius 1 is 1.00 bits per heavy atom. The monoisotopic (exact) mass is 361 g/mol. The Hall–Kier alpha value is -3.06. The third kappa shape index (κ3) is 6.92. The number of nitrogens with zero attached hydrogens (tertiary/aromatic N) is 1. The van der Waals surface area contributed by atoms with E-state index in [9.17, 15) is 14.7 Å². The Balaban J connectivity index is 1.74. The fourth-order valence-corrected chi connectivity index (χ4v) is 1.81. The van der Waals surface area contributed by atoms with Gasteiger partial charge in [0.15, 0.2) is 6.61 Å². The van der Waals surface area contributed by atoms with Crippen LogP contribution in [0, 0.1) is 0 Å². The van der Waals surface area contributed by atoms with Crippen molar-refractivity contribution in [1.82, 2.24) is 5.43 Å². The highest BCUT2D eigenvalue weighted by atomic mass is 35.5. The number of hydrogen-bond acceptors (Lipinski definition) is 6. The van der Waals surface area contributed by atoms with E-state index in [2.05, 4.69) is 10.5 Å². The molecule has 2 aromatic rings. The van der Waals surface area contributed by atoms with E-state index < -0.39 is 18.5 Å². The van der Waals surface area contributed by atoms with Gasteiger partial charge in [-0.1, -0.05) is 11.6 Å². The summed E-state index contributed by atoms with van der Waals surface area (Å²) in [5, 5.41) is 14.7. The summed E-state index contributed by atoms with van der Waals surface area (Å²) in [5.41, 5.74) is 3.02. The Morgan fingerprint density at radius 2 is 1.56 bits per heavy atom. The lowest BCUT2D eigenvalue weighted by Gasteiger charge is -2.06. The van der Waals surface area contributed by atoms with Crippen molar-refractivity contribution in [3.05, 3.63) is 59.1 Å². The Kier molecular flexibility index (Phi) is 6.79. The first kappa shape index (κ1) is 18.3. The molecule has 0 bridgehead atoms. The second-order valence-corrected chi connectivity index (χ2v) is 5.20. The maximum absolute atomic E-state index is 11.6. The van der Waals surface area contributed by atoms with Gasteiger partial charge in [0.2, 0.25) is 0 Å². The van der Waals surface area contributed by atoms with Crippen molar-refractivity contribution in [3.63, 3.8) is 0 Å². The molecule has 130 valence electrons. The lowest BCUT2D eigenvalue weighted by atomic mass is 10.2. The van der Waals surface area contributed by atoms with E-state index in [4.69, 9.17) is 21.1 Å². The van der Waals surface area contributed by atoms with Crippen molar-refractivity contribution in [2.75, 3.05) is 13.2 Å². The number of carbonyl (C=O) groups excluding carboxylic acids is 2. The van der Waals surface area contributed by atoms with Gasteiger partial charge in [-0.2, -0.15) is 5.10 Å². The molecule has 0 unspecified atom stereocenters. The van der Waals surface area contributed by atoms with Crippen molar-refractivity contribution in [1.29, 1.82) is 0 Å². The van der Waals surface area contributed by atoms with Gasteiger partial charge in [0.1, 0.15) is 18.1 Å². The molecule has 0 atom stereocenters. The van der Waals surface area contributed by atoms with Gasteiger partial charge in [-0.3, -0.25) is 4.79 Å². The molecule has 0 aliphatic carbocycles. The normalized spacial score (nSPS) is 10.4. The largest absolute Gasteiger partial charge is 0.546 e. The summed E-state index contributed by atoms with van der Waals surface area (Å²) in [6.45, 7) is -0.702. The number of hydrogen-bond donors (Lipinski definition) is 1. The van der Waals surface area contributed by atoms with Gasteiger partial charge in [-0.15, -0.1) is 0 Å². The van der Waals surface area contributed by atoms with Crippen LogP contribution in [0.2, 0.25) is 5.02 Å². The minimum atomic E-state index is -1.30. The van der Waals surface area contributed by atoms with Crippen molar-refractivity contribution in [3.8, 4) is 11.5 Å². The number of rotatable bonds is 8. The first-order valence-electron chi connectivity index (χ1n) is 7.16. The number of aliphatic carboxylic acids is 1. The lowest BCUT2D eigenvalue weighted by molar-refractivity contribution is -0.307. The van der Waals surface area contributed by atoms with E-state index in [-0.39, 0.29) is 6.61 Å². The van der Waals surface area contributed by atoms with E-state index in [1.54, 1.807) is 48.5 Å². The van der Waals surface area contributed by atoms with E-state index >= 15 is 0 Å². The highest BCUT2D eigenvalue weighted by Crippen LogP contribution is 2.15. The highest BCUT2D eigenvalue weighted by Gasteiger charge is 2.01. The van der Waals surface area contributed by atoms with Gasteiger partial charge < -0.3 is 19.4 Å². The molecule has 0 aliphatic rings. The van der Waals surface area contributed by atoms with Crippen LogP contribution in [-0.2, 0) is 9.59 Å². The summed E-state index contributed by atoms with van der Waals surface area (Å²) in [6, 6.07) is 13.1. The maximum Gasteiger partial charge on any atom is 0.277 e. The molecular weight excluding hydrogens is 348 g/mol. The zero-order chi connectivity index (χ0) is 18.1. The number of amides is 1. The van der Waals surface area contributed by atoms with Crippen LogP contribution in [-0.4, -0.2) is 31.3 Å². The second-order valence-electron chi connectivity index (χ2n) is 4.77. The molecular formula is C17H14ClN2O5-. The number of ether oxygens (including phenoxy) is 2. The second kappa shape index (κ2) is 9.29. The van der Waals surface area contributed by atoms with Crippen LogP contribution in [0.4, 0.5) is 0 Å².